The summed E-state index contributed by atoms with van der Waals surface area (Å²) in [5.74, 6) is -1.59. The highest BCUT2D eigenvalue weighted by Crippen LogP contribution is 2.32. The van der Waals surface area contributed by atoms with Crippen LogP contribution in [0.25, 0.3) is 6.08 Å². The Morgan fingerprint density at radius 2 is 2.12 bits per heavy atom. The highest BCUT2D eigenvalue weighted by atomic mass is 32.2. The van der Waals surface area contributed by atoms with Crippen LogP contribution in [0.15, 0.2) is 29.2 Å². The van der Waals surface area contributed by atoms with E-state index < -0.39 is 29.6 Å². The lowest BCUT2D eigenvalue weighted by molar-refractivity contribution is -0.137. The van der Waals surface area contributed by atoms with E-state index in [1.165, 1.54) is 7.11 Å². The summed E-state index contributed by atoms with van der Waals surface area (Å²) >= 11 is 0.744. The van der Waals surface area contributed by atoms with Crippen LogP contribution >= 0.6 is 11.8 Å². The van der Waals surface area contributed by atoms with E-state index in [1.54, 1.807) is 30.3 Å². The maximum atomic E-state index is 12.3. The minimum atomic E-state index is -1.05. The Morgan fingerprint density at radius 1 is 1.36 bits per heavy atom. The van der Waals surface area contributed by atoms with Crippen LogP contribution in [-0.4, -0.2) is 53.2 Å². The lowest BCUT2D eigenvalue weighted by Gasteiger charge is -2.11. The first kappa shape index (κ1) is 18.5. The second-order valence-corrected chi connectivity index (χ2v) is 6.03. The number of aliphatic carboxylic acids is 1. The van der Waals surface area contributed by atoms with E-state index in [9.17, 15) is 19.2 Å². The highest BCUT2D eigenvalue weighted by Gasteiger charge is 2.36. The number of hydrogen-bond donors (Lipinski definition) is 2. The second kappa shape index (κ2) is 8.34. The summed E-state index contributed by atoms with van der Waals surface area (Å²) in [6, 6.07) is 6.98. The molecule has 132 valence electrons. The summed E-state index contributed by atoms with van der Waals surface area (Å²) in [5.41, 5.74) is 0.691. The second-order valence-electron chi connectivity index (χ2n) is 5.04. The van der Waals surface area contributed by atoms with Crippen molar-refractivity contribution in [3.8, 4) is 5.75 Å². The molecular formula is C16H16N2O6S. The molecule has 8 nitrogen and oxygen atoms in total. The van der Waals surface area contributed by atoms with Gasteiger partial charge in [0.25, 0.3) is 11.1 Å². The van der Waals surface area contributed by atoms with E-state index in [4.69, 9.17) is 9.84 Å². The largest absolute Gasteiger partial charge is 0.497 e. The van der Waals surface area contributed by atoms with Crippen molar-refractivity contribution in [3.05, 3.63) is 34.7 Å². The molecule has 0 bridgehead atoms. The molecule has 1 heterocycles. The Labute approximate surface area is 147 Å². The molecular weight excluding hydrogens is 348 g/mol. The van der Waals surface area contributed by atoms with Crippen LogP contribution in [0.2, 0.25) is 0 Å². The quantitative estimate of drug-likeness (QED) is 0.702. The number of amides is 3. The number of nitrogens with zero attached hydrogens (tertiary/aromatic N) is 1. The lowest BCUT2D eigenvalue weighted by Crippen LogP contribution is -2.40. The smallest absolute Gasteiger partial charge is 0.305 e. The molecule has 1 fully saturated rings. The molecule has 0 aliphatic carbocycles. The number of carbonyl (C=O) groups excluding carboxylic acids is 3. The minimum Gasteiger partial charge on any atom is -0.497 e. The Hall–Kier alpha value is -2.81. The first-order valence-corrected chi connectivity index (χ1v) is 8.10. The molecule has 0 saturated carbocycles. The van der Waals surface area contributed by atoms with Gasteiger partial charge >= 0.3 is 5.97 Å². The SMILES string of the molecule is COc1cccc(/C=C2\SC(=O)N(CC(=O)NCCC(=O)O)C2=O)c1. The fraction of sp³-hybridized carbons (Fsp3) is 0.250. The normalized spacial score (nSPS) is 15.6. The van der Waals surface area contributed by atoms with Crippen LogP contribution in [0.3, 0.4) is 0 Å². The third kappa shape index (κ3) is 5.08. The van der Waals surface area contributed by atoms with Crippen molar-refractivity contribution >= 4 is 40.9 Å². The Kier molecular flexibility index (Phi) is 6.18. The Morgan fingerprint density at radius 3 is 2.80 bits per heavy atom. The molecule has 1 aliphatic rings. The van der Waals surface area contributed by atoms with Crippen molar-refractivity contribution in [2.24, 2.45) is 0 Å². The van der Waals surface area contributed by atoms with Gasteiger partial charge in [0, 0.05) is 6.54 Å². The Balaban J connectivity index is 2.02. The number of benzene rings is 1. The van der Waals surface area contributed by atoms with Crippen molar-refractivity contribution < 1.29 is 29.0 Å². The van der Waals surface area contributed by atoms with Crippen LogP contribution in [0.5, 0.6) is 5.75 Å². The number of thioether (sulfide) groups is 1. The van der Waals surface area contributed by atoms with Crippen LogP contribution < -0.4 is 10.1 Å². The standard InChI is InChI=1S/C16H16N2O6S/c1-24-11-4-2-3-10(7-11)8-12-15(22)18(16(23)25-12)9-13(19)17-6-5-14(20)21/h2-4,7-8H,5-6,9H2,1H3,(H,17,19)(H,20,21)/b12-8-. The number of carboxylic acid groups (broad SMARTS) is 1. The van der Waals surface area contributed by atoms with E-state index in [1.807, 2.05) is 0 Å². The molecule has 1 aliphatic heterocycles. The predicted molar refractivity (Wildman–Crippen MR) is 90.9 cm³/mol. The fourth-order valence-electron chi connectivity index (χ4n) is 2.03. The minimum absolute atomic E-state index is 0.0654. The van der Waals surface area contributed by atoms with Gasteiger partial charge in [0.2, 0.25) is 5.91 Å². The zero-order valence-electron chi connectivity index (χ0n) is 13.4. The van der Waals surface area contributed by atoms with E-state index in [-0.39, 0.29) is 17.9 Å². The topological polar surface area (TPSA) is 113 Å². The molecule has 2 rings (SSSR count). The fourth-order valence-corrected chi connectivity index (χ4v) is 2.87. The summed E-state index contributed by atoms with van der Waals surface area (Å²) in [4.78, 5) is 47.4. The first-order chi connectivity index (χ1) is 11.9. The maximum absolute atomic E-state index is 12.3. The van der Waals surface area contributed by atoms with Gasteiger partial charge in [-0.3, -0.25) is 24.1 Å². The summed E-state index contributed by atoms with van der Waals surface area (Å²) < 4.78 is 5.10. The van der Waals surface area contributed by atoms with Crippen molar-refractivity contribution in [1.29, 1.82) is 0 Å². The summed E-state index contributed by atoms with van der Waals surface area (Å²) in [7, 11) is 1.52. The van der Waals surface area contributed by atoms with E-state index in [0.717, 1.165) is 16.7 Å². The van der Waals surface area contributed by atoms with Crippen LogP contribution in [-0.2, 0) is 14.4 Å². The molecule has 1 aromatic carbocycles. The number of carboxylic acids is 1. The van der Waals surface area contributed by atoms with Crippen LogP contribution in [0, 0.1) is 0 Å². The molecule has 3 amide bonds. The average Bonchev–Trinajstić information content (AvgIpc) is 2.82. The van der Waals surface area contributed by atoms with Gasteiger partial charge in [-0.1, -0.05) is 12.1 Å². The van der Waals surface area contributed by atoms with Crippen molar-refractivity contribution in [2.45, 2.75) is 6.42 Å². The van der Waals surface area contributed by atoms with Crippen molar-refractivity contribution in [3.63, 3.8) is 0 Å². The van der Waals surface area contributed by atoms with Gasteiger partial charge in [-0.2, -0.15) is 0 Å². The molecule has 0 unspecified atom stereocenters. The molecule has 2 N–H and O–H groups in total. The van der Waals surface area contributed by atoms with Crippen molar-refractivity contribution in [2.75, 3.05) is 20.2 Å². The van der Waals surface area contributed by atoms with Gasteiger partial charge in [0.05, 0.1) is 18.4 Å². The monoisotopic (exact) mass is 364 g/mol. The predicted octanol–water partition coefficient (Wildman–Crippen LogP) is 1.32. The van der Waals surface area contributed by atoms with Gasteiger partial charge < -0.3 is 15.2 Å². The van der Waals surface area contributed by atoms with Crippen LogP contribution in [0.4, 0.5) is 4.79 Å². The molecule has 0 spiro atoms. The third-order valence-corrected chi connectivity index (χ3v) is 4.14. The molecule has 0 aromatic heterocycles. The van der Waals surface area contributed by atoms with Gasteiger partial charge in [-0.15, -0.1) is 0 Å². The van der Waals surface area contributed by atoms with E-state index in [2.05, 4.69) is 5.32 Å². The number of ether oxygens (including phenoxy) is 1. The third-order valence-electron chi connectivity index (χ3n) is 3.23. The zero-order valence-corrected chi connectivity index (χ0v) is 14.2. The summed E-state index contributed by atoms with van der Waals surface area (Å²) in [6.07, 6.45) is 1.32. The molecule has 25 heavy (non-hydrogen) atoms. The van der Waals surface area contributed by atoms with E-state index >= 15 is 0 Å². The Bertz CT molecular complexity index is 746. The first-order valence-electron chi connectivity index (χ1n) is 7.28. The highest BCUT2D eigenvalue weighted by molar-refractivity contribution is 8.18. The van der Waals surface area contributed by atoms with Gasteiger partial charge in [-0.25, -0.2) is 0 Å². The number of rotatable bonds is 7. The van der Waals surface area contributed by atoms with E-state index in [0.29, 0.717) is 11.3 Å². The van der Waals surface area contributed by atoms with Gasteiger partial charge in [-0.05, 0) is 35.5 Å². The molecule has 0 atom stereocenters. The maximum Gasteiger partial charge on any atom is 0.305 e. The number of hydrogen-bond acceptors (Lipinski definition) is 6. The lowest BCUT2D eigenvalue weighted by atomic mass is 10.2. The average molecular weight is 364 g/mol. The number of carbonyl (C=O) groups is 4. The summed E-state index contributed by atoms with van der Waals surface area (Å²) in [5, 5.41) is 10.3. The van der Waals surface area contributed by atoms with Gasteiger partial charge in [0.1, 0.15) is 12.3 Å². The molecule has 0 radical (unpaired) electrons. The number of imide groups is 1. The number of methoxy groups -OCH3 is 1. The molecule has 1 aromatic rings. The molecule has 1 saturated heterocycles. The van der Waals surface area contributed by atoms with Gasteiger partial charge in [0.15, 0.2) is 0 Å². The van der Waals surface area contributed by atoms with Crippen LogP contribution in [0.1, 0.15) is 12.0 Å². The summed E-state index contributed by atoms with van der Waals surface area (Å²) in [6.45, 7) is -0.510. The van der Waals surface area contributed by atoms with Crippen molar-refractivity contribution in [1.82, 2.24) is 10.2 Å². The number of nitrogens with one attached hydrogen (secondary N) is 1. The molecule has 9 heteroatoms. The zero-order chi connectivity index (χ0) is 18.4.